The number of aromatic nitrogens is 1. The fourth-order valence-corrected chi connectivity index (χ4v) is 2.55. The number of ether oxygens (including phenoxy) is 1. The highest BCUT2D eigenvalue weighted by Crippen LogP contribution is 2.27. The van der Waals surface area contributed by atoms with E-state index in [2.05, 4.69) is 11.9 Å². The maximum atomic E-state index is 11.0. The summed E-state index contributed by atoms with van der Waals surface area (Å²) >= 11 is 0. The highest BCUT2D eigenvalue weighted by Gasteiger charge is 2.12. The molecule has 0 bridgehead atoms. The van der Waals surface area contributed by atoms with Crippen molar-refractivity contribution in [2.24, 2.45) is 0 Å². The second-order valence-electron chi connectivity index (χ2n) is 5.42. The van der Waals surface area contributed by atoms with Crippen molar-refractivity contribution < 1.29 is 14.6 Å². The molecule has 0 amide bonds. The molecule has 0 saturated heterocycles. The summed E-state index contributed by atoms with van der Waals surface area (Å²) in [4.78, 5) is 14.2. The van der Waals surface area contributed by atoms with Gasteiger partial charge in [-0.25, -0.2) is 0 Å². The molecule has 2 rings (SSSR count). The minimum absolute atomic E-state index is 0.0335. The molecular weight excluding hydrogens is 266 g/mol. The maximum absolute atomic E-state index is 11.0. The molecule has 0 aliphatic rings. The number of fused-ring (bicyclic) bond motifs is 1. The van der Waals surface area contributed by atoms with Gasteiger partial charge >= 0.3 is 5.97 Å². The number of hydrogen-bond donors (Lipinski definition) is 2. The molecule has 0 aliphatic heterocycles. The molecule has 0 radical (unpaired) electrons. The average molecular weight is 289 g/mol. The number of aryl methyl sites for hydroxylation is 1. The van der Waals surface area contributed by atoms with Crippen LogP contribution >= 0.6 is 0 Å². The molecule has 1 aromatic heterocycles. The number of aliphatic carboxylic acids is 1. The van der Waals surface area contributed by atoms with Gasteiger partial charge in [0.25, 0.3) is 0 Å². The van der Waals surface area contributed by atoms with E-state index in [1.165, 1.54) is 19.3 Å². The van der Waals surface area contributed by atoms with Crippen LogP contribution in [0.25, 0.3) is 10.9 Å². The van der Waals surface area contributed by atoms with E-state index in [0.29, 0.717) is 6.61 Å². The first-order valence-corrected chi connectivity index (χ1v) is 7.57. The van der Waals surface area contributed by atoms with E-state index in [4.69, 9.17) is 9.84 Å². The second-order valence-corrected chi connectivity index (χ2v) is 5.42. The van der Waals surface area contributed by atoms with Gasteiger partial charge in [0.05, 0.1) is 13.0 Å². The number of hydrogen-bond acceptors (Lipinski definition) is 2. The van der Waals surface area contributed by atoms with Crippen molar-refractivity contribution in [2.75, 3.05) is 6.61 Å². The Kier molecular flexibility index (Phi) is 5.26. The van der Waals surface area contributed by atoms with Crippen LogP contribution in [0.15, 0.2) is 18.2 Å². The number of carbonyl (C=O) groups is 1. The van der Waals surface area contributed by atoms with Crippen molar-refractivity contribution in [1.29, 1.82) is 0 Å². The van der Waals surface area contributed by atoms with Gasteiger partial charge in [0.2, 0.25) is 0 Å². The van der Waals surface area contributed by atoms with Gasteiger partial charge in [-0.1, -0.05) is 26.2 Å². The Morgan fingerprint density at radius 2 is 2.10 bits per heavy atom. The SMILES string of the molecule is CCCCCCOc1ccc2[nH]c(C)c(CC(=O)O)c2c1. The molecule has 1 heterocycles. The molecule has 2 aromatic rings. The van der Waals surface area contributed by atoms with Gasteiger partial charge < -0.3 is 14.8 Å². The summed E-state index contributed by atoms with van der Waals surface area (Å²) in [6.45, 7) is 4.81. The van der Waals surface area contributed by atoms with Crippen molar-refractivity contribution in [2.45, 2.75) is 46.0 Å². The highest BCUT2D eigenvalue weighted by molar-refractivity contribution is 5.89. The summed E-state index contributed by atoms with van der Waals surface area (Å²) in [6, 6.07) is 5.83. The summed E-state index contributed by atoms with van der Waals surface area (Å²) in [5.74, 6) is -0.00507. The Hall–Kier alpha value is -1.97. The molecule has 1 aromatic carbocycles. The van der Waals surface area contributed by atoms with E-state index < -0.39 is 5.97 Å². The molecule has 21 heavy (non-hydrogen) atoms. The Morgan fingerprint density at radius 1 is 1.29 bits per heavy atom. The highest BCUT2D eigenvalue weighted by atomic mass is 16.5. The lowest BCUT2D eigenvalue weighted by Crippen LogP contribution is -2.01. The quantitative estimate of drug-likeness (QED) is 0.720. The van der Waals surface area contributed by atoms with E-state index in [0.717, 1.165) is 34.3 Å². The monoisotopic (exact) mass is 289 g/mol. The molecular formula is C17H23NO3. The van der Waals surface area contributed by atoms with Crippen molar-refractivity contribution in [1.82, 2.24) is 4.98 Å². The van der Waals surface area contributed by atoms with E-state index in [1.54, 1.807) is 0 Å². The van der Waals surface area contributed by atoms with Crippen molar-refractivity contribution in [3.63, 3.8) is 0 Å². The summed E-state index contributed by atoms with van der Waals surface area (Å²) < 4.78 is 5.77. The normalized spacial score (nSPS) is 11.0. The standard InChI is InChI=1S/C17H23NO3/c1-3-4-5-6-9-21-13-7-8-16-15(10-13)14(11-17(19)20)12(2)18-16/h7-8,10,18H,3-6,9,11H2,1-2H3,(H,19,20). The van der Waals surface area contributed by atoms with E-state index >= 15 is 0 Å². The lowest BCUT2D eigenvalue weighted by Gasteiger charge is -2.06. The molecule has 0 aliphatic carbocycles. The third kappa shape index (κ3) is 4.00. The largest absolute Gasteiger partial charge is 0.494 e. The van der Waals surface area contributed by atoms with Gasteiger partial charge in [0.1, 0.15) is 5.75 Å². The zero-order chi connectivity index (χ0) is 15.2. The van der Waals surface area contributed by atoms with Gasteiger partial charge in [-0.3, -0.25) is 4.79 Å². The Labute approximate surface area is 125 Å². The van der Waals surface area contributed by atoms with E-state index in [-0.39, 0.29) is 6.42 Å². The van der Waals surface area contributed by atoms with Crippen LogP contribution in [0, 0.1) is 6.92 Å². The topological polar surface area (TPSA) is 62.3 Å². The predicted molar refractivity (Wildman–Crippen MR) is 84.0 cm³/mol. The number of H-pyrrole nitrogens is 1. The van der Waals surface area contributed by atoms with Gasteiger partial charge in [0.15, 0.2) is 0 Å². The fourth-order valence-electron chi connectivity index (χ4n) is 2.55. The van der Waals surface area contributed by atoms with Crippen LogP contribution in [0.3, 0.4) is 0 Å². The first kappa shape index (κ1) is 15.4. The molecule has 0 atom stereocenters. The predicted octanol–water partition coefficient (Wildman–Crippen LogP) is 4.06. The Balaban J connectivity index is 2.10. The Bertz CT molecular complexity index is 616. The summed E-state index contributed by atoms with van der Waals surface area (Å²) in [5.41, 5.74) is 2.71. The number of rotatable bonds is 8. The number of nitrogens with one attached hydrogen (secondary N) is 1. The maximum Gasteiger partial charge on any atom is 0.307 e. The number of carboxylic acid groups (broad SMARTS) is 1. The summed E-state index contributed by atoms with van der Waals surface area (Å²) in [7, 11) is 0. The lowest BCUT2D eigenvalue weighted by atomic mass is 10.1. The minimum Gasteiger partial charge on any atom is -0.494 e. The zero-order valence-electron chi connectivity index (χ0n) is 12.7. The van der Waals surface area contributed by atoms with Crippen molar-refractivity contribution in [3.05, 3.63) is 29.5 Å². The molecule has 4 heteroatoms. The summed E-state index contributed by atoms with van der Waals surface area (Å²) in [5, 5.41) is 9.96. The molecule has 114 valence electrons. The molecule has 0 spiro atoms. The van der Waals surface area contributed by atoms with Crippen LogP contribution in [-0.2, 0) is 11.2 Å². The number of carboxylic acids is 1. The fraction of sp³-hybridized carbons (Fsp3) is 0.471. The van der Waals surface area contributed by atoms with Crippen LogP contribution in [-0.4, -0.2) is 22.7 Å². The van der Waals surface area contributed by atoms with Crippen LogP contribution in [0.4, 0.5) is 0 Å². The van der Waals surface area contributed by atoms with Gasteiger partial charge in [0, 0.05) is 16.6 Å². The lowest BCUT2D eigenvalue weighted by molar-refractivity contribution is -0.136. The van der Waals surface area contributed by atoms with Crippen LogP contribution < -0.4 is 4.74 Å². The smallest absolute Gasteiger partial charge is 0.307 e. The zero-order valence-corrected chi connectivity index (χ0v) is 12.7. The number of unbranched alkanes of at least 4 members (excludes halogenated alkanes) is 3. The number of benzene rings is 1. The summed E-state index contributed by atoms with van der Waals surface area (Å²) in [6.07, 6.45) is 4.73. The van der Waals surface area contributed by atoms with Gasteiger partial charge in [-0.15, -0.1) is 0 Å². The van der Waals surface area contributed by atoms with E-state index in [9.17, 15) is 4.79 Å². The van der Waals surface area contributed by atoms with Gasteiger partial charge in [-0.05, 0) is 37.1 Å². The second kappa shape index (κ2) is 7.16. The van der Waals surface area contributed by atoms with Crippen LogP contribution in [0.1, 0.15) is 43.9 Å². The third-order valence-electron chi connectivity index (χ3n) is 3.69. The number of aromatic amines is 1. The Morgan fingerprint density at radius 3 is 2.81 bits per heavy atom. The van der Waals surface area contributed by atoms with Crippen LogP contribution in [0.5, 0.6) is 5.75 Å². The molecule has 0 fully saturated rings. The third-order valence-corrected chi connectivity index (χ3v) is 3.69. The first-order valence-electron chi connectivity index (χ1n) is 7.57. The molecule has 0 saturated carbocycles. The van der Waals surface area contributed by atoms with E-state index in [1.807, 2.05) is 25.1 Å². The van der Waals surface area contributed by atoms with Crippen molar-refractivity contribution >= 4 is 16.9 Å². The van der Waals surface area contributed by atoms with Crippen LogP contribution in [0.2, 0.25) is 0 Å². The molecule has 0 unspecified atom stereocenters. The van der Waals surface area contributed by atoms with Gasteiger partial charge in [-0.2, -0.15) is 0 Å². The first-order chi connectivity index (χ1) is 10.1. The van der Waals surface area contributed by atoms with Crippen molar-refractivity contribution in [3.8, 4) is 5.75 Å². The average Bonchev–Trinajstić information content (AvgIpc) is 2.74. The molecule has 4 nitrogen and oxygen atoms in total. The molecule has 2 N–H and O–H groups in total. The minimum atomic E-state index is -0.815.